The summed E-state index contributed by atoms with van der Waals surface area (Å²) < 4.78 is 0. The van der Waals surface area contributed by atoms with Gasteiger partial charge in [0.2, 0.25) is 5.91 Å². The van der Waals surface area contributed by atoms with Crippen LogP contribution in [0.15, 0.2) is 24.5 Å². The van der Waals surface area contributed by atoms with E-state index < -0.39 is 0 Å². The van der Waals surface area contributed by atoms with Crippen molar-refractivity contribution in [2.24, 2.45) is 11.3 Å². The second-order valence-corrected chi connectivity index (χ2v) is 7.29. The summed E-state index contributed by atoms with van der Waals surface area (Å²) in [4.78, 5) is 19.2. The Labute approximate surface area is 133 Å². The molecule has 1 spiro atoms. The van der Waals surface area contributed by atoms with E-state index >= 15 is 0 Å². The van der Waals surface area contributed by atoms with E-state index in [4.69, 9.17) is 0 Å². The van der Waals surface area contributed by atoms with E-state index in [1.54, 1.807) is 0 Å². The van der Waals surface area contributed by atoms with Crippen LogP contribution in [-0.2, 0) is 11.3 Å². The van der Waals surface area contributed by atoms with Gasteiger partial charge < -0.3 is 5.32 Å². The maximum absolute atomic E-state index is 12.5. The first kappa shape index (κ1) is 15.5. The lowest BCUT2D eigenvalue weighted by molar-refractivity contribution is -0.128. The fourth-order valence-electron chi connectivity index (χ4n) is 4.29. The Kier molecular flexibility index (Phi) is 4.48. The molecule has 22 heavy (non-hydrogen) atoms. The van der Waals surface area contributed by atoms with Crippen LogP contribution in [0.5, 0.6) is 0 Å². The predicted molar refractivity (Wildman–Crippen MR) is 87.2 cm³/mol. The zero-order valence-corrected chi connectivity index (χ0v) is 13.7. The van der Waals surface area contributed by atoms with Crippen LogP contribution in [0.2, 0.25) is 0 Å². The average Bonchev–Trinajstić information content (AvgIpc) is 3.07. The molecule has 0 aromatic carbocycles. The van der Waals surface area contributed by atoms with Crippen molar-refractivity contribution in [1.29, 1.82) is 0 Å². The molecule has 1 aromatic heterocycles. The highest BCUT2D eigenvalue weighted by molar-refractivity contribution is 5.80. The minimum atomic E-state index is 0.203. The minimum absolute atomic E-state index is 0.203. The minimum Gasteiger partial charge on any atom is -0.354 e. The van der Waals surface area contributed by atoms with Gasteiger partial charge in [0, 0.05) is 37.4 Å². The molecule has 2 atom stereocenters. The molecule has 1 amide bonds. The van der Waals surface area contributed by atoms with Crippen LogP contribution >= 0.6 is 0 Å². The van der Waals surface area contributed by atoms with Crippen molar-refractivity contribution in [2.75, 3.05) is 13.1 Å². The van der Waals surface area contributed by atoms with Gasteiger partial charge in [0.1, 0.15) is 0 Å². The molecule has 1 saturated heterocycles. The normalized spacial score (nSPS) is 28.6. The quantitative estimate of drug-likeness (QED) is 0.930. The third kappa shape index (κ3) is 3.17. The first-order valence-corrected chi connectivity index (χ1v) is 8.51. The van der Waals surface area contributed by atoms with E-state index in [2.05, 4.69) is 21.3 Å². The molecule has 2 aliphatic rings. The first-order chi connectivity index (χ1) is 10.6. The summed E-state index contributed by atoms with van der Waals surface area (Å²) in [5.41, 5.74) is 1.47. The molecule has 1 aromatic rings. The second-order valence-electron chi connectivity index (χ2n) is 7.29. The Morgan fingerprint density at radius 1 is 1.50 bits per heavy atom. The average molecular weight is 301 g/mol. The first-order valence-electron chi connectivity index (χ1n) is 8.51. The van der Waals surface area contributed by atoms with E-state index in [0.29, 0.717) is 0 Å². The number of likely N-dealkylation sites (tertiary alicyclic amines) is 1. The Morgan fingerprint density at radius 3 is 3.09 bits per heavy atom. The highest BCUT2D eigenvalue weighted by atomic mass is 16.2. The molecule has 4 nitrogen and oxygen atoms in total. The van der Waals surface area contributed by atoms with Gasteiger partial charge in [0.15, 0.2) is 0 Å². The van der Waals surface area contributed by atoms with Crippen molar-refractivity contribution in [2.45, 2.75) is 52.1 Å². The molecule has 2 fully saturated rings. The summed E-state index contributed by atoms with van der Waals surface area (Å²) in [6.07, 6.45) is 8.37. The van der Waals surface area contributed by atoms with E-state index in [1.807, 2.05) is 32.3 Å². The number of hydrogen-bond acceptors (Lipinski definition) is 3. The zero-order chi connectivity index (χ0) is 15.6. The van der Waals surface area contributed by atoms with Gasteiger partial charge in [-0.05, 0) is 56.7 Å². The molecule has 0 unspecified atom stereocenters. The number of amides is 1. The SMILES string of the molecule is CC(C)NC(=O)[C@H]1CCC[C@]12CCN(Cc1cccnc1)C2. The molecule has 3 rings (SSSR count). The van der Waals surface area contributed by atoms with Crippen LogP contribution in [0.25, 0.3) is 0 Å². The lowest BCUT2D eigenvalue weighted by atomic mass is 9.76. The van der Waals surface area contributed by atoms with Crippen LogP contribution in [0.4, 0.5) is 0 Å². The third-order valence-corrected chi connectivity index (χ3v) is 5.25. The van der Waals surface area contributed by atoms with Crippen molar-refractivity contribution in [1.82, 2.24) is 15.2 Å². The van der Waals surface area contributed by atoms with Crippen LogP contribution in [-0.4, -0.2) is 34.9 Å². The molecule has 120 valence electrons. The highest BCUT2D eigenvalue weighted by Gasteiger charge is 2.50. The van der Waals surface area contributed by atoms with Gasteiger partial charge in [-0.25, -0.2) is 0 Å². The smallest absolute Gasteiger partial charge is 0.223 e. The van der Waals surface area contributed by atoms with Crippen LogP contribution < -0.4 is 5.32 Å². The third-order valence-electron chi connectivity index (χ3n) is 5.25. The molecule has 1 aliphatic carbocycles. The number of carbonyl (C=O) groups excluding carboxylic acids is 1. The van der Waals surface area contributed by atoms with Gasteiger partial charge in [-0.15, -0.1) is 0 Å². The Bertz CT molecular complexity index is 516. The maximum atomic E-state index is 12.5. The number of hydrogen-bond donors (Lipinski definition) is 1. The maximum Gasteiger partial charge on any atom is 0.223 e. The molecule has 1 aliphatic heterocycles. The Hall–Kier alpha value is -1.42. The number of carbonyl (C=O) groups is 1. The largest absolute Gasteiger partial charge is 0.354 e. The van der Waals surface area contributed by atoms with Gasteiger partial charge in [0.05, 0.1) is 0 Å². The van der Waals surface area contributed by atoms with Gasteiger partial charge in [0.25, 0.3) is 0 Å². The molecule has 2 heterocycles. The molecule has 0 radical (unpaired) electrons. The van der Waals surface area contributed by atoms with Gasteiger partial charge in [-0.2, -0.15) is 0 Å². The summed E-state index contributed by atoms with van der Waals surface area (Å²) in [6, 6.07) is 4.36. The Balaban J connectivity index is 1.65. The number of aromatic nitrogens is 1. The van der Waals surface area contributed by atoms with E-state index in [1.165, 1.54) is 18.4 Å². The molecular formula is C18H27N3O. The second kappa shape index (κ2) is 6.37. The molecule has 0 bridgehead atoms. The van der Waals surface area contributed by atoms with Gasteiger partial charge in [-0.3, -0.25) is 14.7 Å². The van der Waals surface area contributed by atoms with Crippen molar-refractivity contribution in [3.05, 3.63) is 30.1 Å². The number of nitrogens with zero attached hydrogens (tertiary/aromatic N) is 2. The summed E-state index contributed by atoms with van der Waals surface area (Å²) in [5.74, 6) is 0.476. The van der Waals surface area contributed by atoms with Gasteiger partial charge >= 0.3 is 0 Å². The number of pyridine rings is 1. The van der Waals surface area contributed by atoms with Crippen molar-refractivity contribution in [3.63, 3.8) is 0 Å². The molecule has 4 heteroatoms. The number of nitrogens with one attached hydrogen (secondary N) is 1. The summed E-state index contributed by atoms with van der Waals surface area (Å²) in [7, 11) is 0. The lowest BCUT2D eigenvalue weighted by Gasteiger charge is -2.31. The Morgan fingerprint density at radius 2 is 2.36 bits per heavy atom. The zero-order valence-electron chi connectivity index (χ0n) is 13.7. The summed E-state index contributed by atoms with van der Waals surface area (Å²) >= 11 is 0. The van der Waals surface area contributed by atoms with Gasteiger partial charge in [-0.1, -0.05) is 12.5 Å². The molecular weight excluding hydrogens is 274 g/mol. The van der Waals surface area contributed by atoms with Crippen molar-refractivity contribution >= 4 is 5.91 Å². The van der Waals surface area contributed by atoms with Crippen LogP contribution in [0.3, 0.4) is 0 Å². The van der Waals surface area contributed by atoms with E-state index in [0.717, 1.165) is 32.5 Å². The van der Waals surface area contributed by atoms with E-state index in [-0.39, 0.29) is 23.3 Å². The molecule has 1 N–H and O–H groups in total. The van der Waals surface area contributed by atoms with Crippen molar-refractivity contribution in [3.8, 4) is 0 Å². The van der Waals surface area contributed by atoms with Crippen molar-refractivity contribution < 1.29 is 4.79 Å². The lowest BCUT2D eigenvalue weighted by Crippen LogP contribution is -2.42. The summed E-state index contributed by atoms with van der Waals surface area (Å²) in [6.45, 7) is 7.19. The predicted octanol–water partition coefficient (Wildman–Crippen LogP) is 2.60. The fourth-order valence-corrected chi connectivity index (χ4v) is 4.29. The summed E-state index contributed by atoms with van der Waals surface area (Å²) in [5, 5.41) is 3.13. The monoisotopic (exact) mass is 301 g/mol. The fraction of sp³-hybridized carbons (Fsp3) is 0.667. The van der Waals surface area contributed by atoms with E-state index in [9.17, 15) is 4.79 Å². The van der Waals surface area contributed by atoms with Crippen LogP contribution in [0.1, 0.15) is 45.1 Å². The topological polar surface area (TPSA) is 45.2 Å². The van der Waals surface area contributed by atoms with Crippen LogP contribution in [0, 0.1) is 11.3 Å². The number of rotatable bonds is 4. The molecule has 1 saturated carbocycles. The highest BCUT2D eigenvalue weighted by Crippen LogP contribution is 2.50. The standard InChI is InChI=1S/C18H27N3O/c1-14(2)20-17(22)16-6-3-7-18(16)8-10-21(13-18)12-15-5-4-9-19-11-15/h4-5,9,11,14,16H,3,6-8,10,12-13H2,1-2H3,(H,20,22)/t16-,18-/m1/s1.